The molecule has 3 nitrogen and oxygen atoms in total. The molecule has 1 amide bonds. The highest BCUT2D eigenvalue weighted by atomic mass is 16.2. The fraction of sp³-hybridized carbons (Fsp3) is 0.857. The Bertz CT molecular complexity index is 297. The molecular weight excluding hydrogens is 214 g/mol. The average Bonchev–Trinajstić information content (AvgIpc) is 2.28. The summed E-state index contributed by atoms with van der Waals surface area (Å²) in [5, 5.41) is 2.83. The number of hydrogen-bond donors (Lipinski definition) is 1. The van der Waals surface area contributed by atoms with Gasteiger partial charge in [-0.25, -0.2) is 0 Å². The molecule has 1 aliphatic rings. The maximum atomic E-state index is 12.5. The summed E-state index contributed by atoms with van der Waals surface area (Å²) in [7, 11) is 0. The SMILES string of the molecule is CCCC(C)C(C)(C)C(=O)C1CCCC(=O)N1. The van der Waals surface area contributed by atoms with Crippen LogP contribution in [0.1, 0.15) is 59.8 Å². The third-order valence-corrected chi connectivity index (χ3v) is 4.14. The molecule has 0 spiro atoms. The van der Waals surface area contributed by atoms with Crippen molar-refractivity contribution in [1.82, 2.24) is 5.32 Å². The standard InChI is InChI=1S/C14H25NO2/c1-5-7-10(2)14(3,4)13(17)11-8-6-9-12(16)15-11/h10-11H,5-9H2,1-4H3,(H,15,16). The minimum absolute atomic E-state index is 0.0218. The van der Waals surface area contributed by atoms with E-state index in [4.69, 9.17) is 0 Å². The molecule has 1 aliphatic heterocycles. The van der Waals surface area contributed by atoms with E-state index in [1.165, 1.54) is 0 Å². The third kappa shape index (κ3) is 3.30. The number of Topliss-reactive ketones (excluding diaryl/α,β-unsaturated/α-hetero) is 1. The van der Waals surface area contributed by atoms with Gasteiger partial charge in [0.05, 0.1) is 6.04 Å². The van der Waals surface area contributed by atoms with Crippen molar-refractivity contribution in [2.24, 2.45) is 11.3 Å². The second-order valence-electron chi connectivity index (χ2n) is 5.79. The molecular formula is C14H25NO2. The topological polar surface area (TPSA) is 46.2 Å². The van der Waals surface area contributed by atoms with Gasteiger partial charge in [-0.3, -0.25) is 9.59 Å². The minimum atomic E-state index is -0.342. The van der Waals surface area contributed by atoms with Gasteiger partial charge in [0.2, 0.25) is 5.91 Å². The summed E-state index contributed by atoms with van der Waals surface area (Å²) in [6, 6.07) is -0.259. The highest BCUT2D eigenvalue weighted by Crippen LogP contribution is 2.33. The molecule has 0 saturated carbocycles. The lowest BCUT2D eigenvalue weighted by Crippen LogP contribution is -2.50. The lowest BCUT2D eigenvalue weighted by atomic mass is 9.71. The van der Waals surface area contributed by atoms with E-state index in [0.717, 1.165) is 25.7 Å². The molecule has 1 fully saturated rings. The molecule has 1 rings (SSSR count). The first kappa shape index (κ1) is 14.2. The van der Waals surface area contributed by atoms with Crippen LogP contribution in [0.4, 0.5) is 0 Å². The molecule has 0 radical (unpaired) electrons. The molecule has 0 aliphatic carbocycles. The quantitative estimate of drug-likeness (QED) is 0.801. The van der Waals surface area contributed by atoms with E-state index in [0.29, 0.717) is 12.3 Å². The van der Waals surface area contributed by atoms with Crippen molar-refractivity contribution >= 4 is 11.7 Å². The van der Waals surface area contributed by atoms with Crippen LogP contribution in [-0.2, 0) is 9.59 Å². The first-order valence-corrected chi connectivity index (χ1v) is 6.73. The molecule has 1 heterocycles. The molecule has 2 atom stereocenters. The van der Waals surface area contributed by atoms with Gasteiger partial charge >= 0.3 is 0 Å². The van der Waals surface area contributed by atoms with Gasteiger partial charge in [-0.05, 0) is 18.8 Å². The highest BCUT2D eigenvalue weighted by molar-refractivity contribution is 5.93. The van der Waals surface area contributed by atoms with Crippen molar-refractivity contribution in [2.75, 3.05) is 0 Å². The highest BCUT2D eigenvalue weighted by Gasteiger charge is 2.38. The van der Waals surface area contributed by atoms with Crippen LogP contribution in [0.2, 0.25) is 0 Å². The van der Waals surface area contributed by atoms with E-state index in [9.17, 15) is 9.59 Å². The lowest BCUT2D eigenvalue weighted by Gasteiger charge is -2.35. The number of piperidine rings is 1. The number of carbonyl (C=O) groups excluding carboxylic acids is 2. The molecule has 0 aromatic carbocycles. The van der Waals surface area contributed by atoms with Crippen LogP contribution in [0.5, 0.6) is 0 Å². The smallest absolute Gasteiger partial charge is 0.220 e. The van der Waals surface area contributed by atoms with Crippen LogP contribution in [-0.4, -0.2) is 17.7 Å². The molecule has 17 heavy (non-hydrogen) atoms. The van der Waals surface area contributed by atoms with Crippen molar-refractivity contribution in [1.29, 1.82) is 0 Å². The Morgan fingerprint density at radius 2 is 2.18 bits per heavy atom. The summed E-state index contributed by atoms with van der Waals surface area (Å²) in [4.78, 5) is 23.8. The van der Waals surface area contributed by atoms with E-state index in [-0.39, 0.29) is 23.1 Å². The summed E-state index contributed by atoms with van der Waals surface area (Å²) < 4.78 is 0. The zero-order valence-electron chi connectivity index (χ0n) is 11.5. The number of nitrogens with one attached hydrogen (secondary N) is 1. The Balaban J connectivity index is 2.69. The first-order chi connectivity index (χ1) is 7.89. The molecule has 0 aromatic rings. The van der Waals surface area contributed by atoms with Crippen LogP contribution in [0.25, 0.3) is 0 Å². The largest absolute Gasteiger partial charge is 0.346 e. The van der Waals surface area contributed by atoms with Crippen LogP contribution >= 0.6 is 0 Å². The second-order valence-corrected chi connectivity index (χ2v) is 5.79. The van der Waals surface area contributed by atoms with Gasteiger partial charge in [0.25, 0.3) is 0 Å². The van der Waals surface area contributed by atoms with Crippen molar-refractivity contribution < 1.29 is 9.59 Å². The normalized spacial score (nSPS) is 23.1. The van der Waals surface area contributed by atoms with Gasteiger partial charge < -0.3 is 5.32 Å². The Morgan fingerprint density at radius 3 is 2.71 bits per heavy atom. The monoisotopic (exact) mass is 239 g/mol. The van der Waals surface area contributed by atoms with E-state index >= 15 is 0 Å². The zero-order valence-corrected chi connectivity index (χ0v) is 11.5. The van der Waals surface area contributed by atoms with E-state index in [2.05, 4.69) is 19.2 Å². The summed E-state index contributed by atoms with van der Waals surface area (Å²) in [5.74, 6) is 0.582. The molecule has 1 saturated heterocycles. The fourth-order valence-electron chi connectivity index (χ4n) is 2.49. The Kier molecular flexibility index (Phi) is 4.72. The molecule has 0 aromatic heterocycles. The lowest BCUT2D eigenvalue weighted by molar-refractivity contribution is -0.136. The van der Waals surface area contributed by atoms with Gasteiger partial charge in [0.15, 0.2) is 5.78 Å². The first-order valence-electron chi connectivity index (χ1n) is 6.73. The van der Waals surface area contributed by atoms with Crippen molar-refractivity contribution in [2.45, 2.75) is 65.8 Å². The van der Waals surface area contributed by atoms with E-state index in [1.807, 2.05) is 13.8 Å². The maximum Gasteiger partial charge on any atom is 0.220 e. The van der Waals surface area contributed by atoms with Crippen molar-refractivity contribution in [3.63, 3.8) is 0 Å². The van der Waals surface area contributed by atoms with Crippen LogP contribution in [0.15, 0.2) is 0 Å². The molecule has 1 N–H and O–H groups in total. The number of ketones is 1. The van der Waals surface area contributed by atoms with Gasteiger partial charge in [-0.15, -0.1) is 0 Å². The van der Waals surface area contributed by atoms with Gasteiger partial charge in [-0.2, -0.15) is 0 Å². The summed E-state index contributed by atoms with van der Waals surface area (Å²) in [5.41, 5.74) is -0.342. The number of rotatable bonds is 5. The fourth-order valence-corrected chi connectivity index (χ4v) is 2.49. The minimum Gasteiger partial charge on any atom is -0.346 e. The number of hydrogen-bond acceptors (Lipinski definition) is 2. The van der Waals surface area contributed by atoms with Gasteiger partial charge in [0, 0.05) is 11.8 Å². The number of amides is 1. The van der Waals surface area contributed by atoms with Crippen LogP contribution in [0.3, 0.4) is 0 Å². The Hall–Kier alpha value is -0.860. The second kappa shape index (κ2) is 5.65. The summed E-state index contributed by atoms with van der Waals surface area (Å²) in [6.07, 6.45) is 4.34. The average molecular weight is 239 g/mol. The van der Waals surface area contributed by atoms with Gasteiger partial charge in [-0.1, -0.05) is 40.5 Å². The molecule has 98 valence electrons. The third-order valence-electron chi connectivity index (χ3n) is 4.14. The Morgan fingerprint density at radius 1 is 1.53 bits per heavy atom. The summed E-state index contributed by atoms with van der Waals surface area (Å²) >= 11 is 0. The predicted octanol–water partition coefficient (Wildman–Crippen LogP) is 2.69. The van der Waals surface area contributed by atoms with Crippen molar-refractivity contribution in [3.8, 4) is 0 Å². The molecule has 0 bridgehead atoms. The Labute approximate surface area is 104 Å². The maximum absolute atomic E-state index is 12.5. The molecule has 2 unspecified atom stereocenters. The summed E-state index contributed by atoms with van der Waals surface area (Å²) in [6.45, 7) is 8.29. The van der Waals surface area contributed by atoms with Crippen molar-refractivity contribution in [3.05, 3.63) is 0 Å². The van der Waals surface area contributed by atoms with E-state index < -0.39 is 0 Å². The number of carbonyl (C=O) groups is 2. The van der Waals surface area contributed by atoms with Crippen LogP contribution < -0.4 is 5.32 Å². The molecule has 3 heteroatoms. The predicted molar refractivity (Wildman–Crippen MR) is 68.6 cm³/mol. The zero-order chi connectivity index (χ0) is 13.1. The van der Waals surface area contributed by atoms with Crippen LogP contribution in [0, 0.1) is 11.3 Å². The van der Waals surface area contributed by atoms with E-state index in [1.54, 1.807) is 0 Å². The van der Waals surface area contributed by atoms with Gasteiger partial charge in [0.1, 0.15) is 0 Å².